The van der Waals surface area contributed by atoms with Crippen molar-refractivity contribution in [2.75, 3.05) is 25.1 Å². The van der Waals surface area contributed by atoms with E-state index < -0.39 is 12.8 Å². The average Bonchev–Trinajstić information content (AvgIpc) is 2.24. The number of halogens is 4. The molecule has 0 aliphatic carbocycles. The van der Waals surface area contributed by atoms with Gasteiger partial charge in [0.25, 0.3) is 0 Å². The molecule has 18 heavy (non-hydrogen) atoms. The minimum Gasteiger partial charge on any atom is -0.385 e. The van der Waals surface area contributed by atoms with Crippen molar-refractivity contribution in [1.29, 1.82) is 0 Å². The summed E-state index contributed by atoms with van der Waals surface area (Å²) >= 11 is 0. The lowest BCUT2D eigenvalue weighted by atomic mass is 10.2. The Morgan fingerprint density at radius 2 is 2.00 bits per heavy atom. The molecule has 1 rings (SSSR count). The fourth-order valence-electron chi connectivity index (χ4n) is 1.41. The monoisotopic (exact) mass is 265 g/mol. The highest BCUT2D eigenvalue weighted by atomic mass is 19.4. The van der Waals surface area contributed by atoms with E-state index in [4.69, 9.17) is 0 Å². The predicted octanol–water partition coefficient (Wildman–Crippen LogP) is 3.52. The number of ether oxygens (including phenoxy) is 1. The summed E-state index contributed by atoms with van der Waals surface area (Å²) in [7, 11) is 0. The van der Waals surface area contributed by atoms with Gasteiger partial charge in [-0.2, -0.15) is 13.2 Å². The van der Waals surface area contributed by atoms with E-state index >= 15 is 0 Å². The van der Waals surface area contributed by atoms with Gasteiger partial charge < -0.3 is 10.1 Å². The van der Waals surface area contributed by atoms with Crippen LogP contribution in [0.1, 0.15) is 12.0 Å². The van der Waals surface area contributed by atoms with Crippen molar-refractivity contribution in [3.63, 3.8) is 0 Å². The molecule has 0 aliphatic rings. The van der Waals surface area contributed by atoms with Crippen LogP contribution < -0.4 is 5.32 Å². The van der Waals surface area contributed by atoms with Crippen LogP contribution in [0.25, 0.3) is 0 Å². The molecule has 0 bridgehead atoms. The van der Waals surface area contributed by atoms with Crippen molar-refractivity contribution in [3.05, 3.63) is 29.6 Å². The van der Waals surface area contributed by atoms with E-state index in [-0.39, 0.29) is 12.4 Å². The minimum absolute atomic E-state index is 0.0345. The molecule has 6 heteroatoms. The van der Waals surface area contributed by atoms with Crippen LogP contribution in [0, 0.1) is 12.7 Å². The Labute approximate surface area is 103 Å². The number of hydrogen-bond acceptors (Lipinski definition) is 2. The van der Waals surface area contributed by atoms with Gasteiger partial charge in [-0.3, -0.25) is 0 Å². The molecule has 0 fully saturated rings. The first-order valence-corrected chi connectivity index (χ1v) is 5.53. The summed E-state index contributed by atoms with van der Waals surface area (Å²) in [4.78, 5) is 0. The molecule has 0 amide bonds. The van der Waals surface area contributed by atoms with E-state index in [2.05, 4.69) is 10.1 Å². The van der Waals surface area contributed by atoms with Crippen molar-refractivity contribution < 1.29 is 22.3 Å². The highest BCUT2D eigenvalue weighted by molar-refractivity contribution is 5.50. The molecule has 0 atom stereocenters. The number of rotatable bonds is 6. The number of nitrogens with one attached hydrogen (secondary N) is 1. The number of alkyl halides is 3. The third-order valence-electron chi connectivity index (χ3n) is 2.24. The molecule has 102 valence electrons. The molecule has 0 heterocycles. The van der Waals surface area contributed by atoms with Gasteiger partial charge in [0, 0.05) is 18.8 Å². The van der Waals surface area contributed by atoms with Crippen LogP contribution in [0.5, 0.6) is 0 Å². The molecule has 0 saturated heterocycles. The molecule has 0 aromatic heterocycles. The third-order valence-corrected chi connectivity index (χ3v) is 2.24. The van der Waals surface area contributed by atoms with E-state index in [1.807, 2.05) is 0 Å². The lowest BCUT2D eigenvalue weighted by Gasteiger charge is -2.10. The molecule has 0 spiro atoms. The van der Waals surface area contributed by atoms with Gasteiger partial charge in [0.2, 0.25) is 0 Å². The molecule has 1 aromatic carbocycles. The zero-order valence-corrected chi connectivity index (χ0v) is 9.98. The Morgan fingerprint density at radius 1 is 1.28 bits per heavy atom. The van der Waals surface area contributed by atoms with Gasteiger partial charge in [-0.25, -0.2) is 4.39 Å². The third kappa shape index (κ3) is 5.86. The maximum atomic E-state index is 12.8. The lowest BCUT2D eigenvalue weighted by Crippen LogP contribution is -2.18. The largest absolute Gasteiger partial charge is 0.411 e. The molecule has 0 aliphatic heterocycles. The van der Waals surface area contributed by atoms with Crippen LogP contribution in [0.3, 0.4) is 0 Å². The van der Waals surface area contributed by atoms with Crippen LogP contribution in [0.15, 0.2) is 18.2 Å². The highest BCUT2D eigenvalue weighted by Gasteiger charge is 2.27. The van der Waals surface area contributed by atoms with Crippen LogP contribution in [0.2, 0.25) is 0 Å². The fourth-order valence-corrected chi connectivity index (χ4v) is 1.41. The second-order valence-corrected chi connectivity index (χ2v) is 3.91. The molecular weight excluding hydrogens is 250 g/mol. The van der Waals surface area contributed by atoms with Gasteiger partial charge in [0.05, 0.1) is 0 Å². The summed E-state index contributed by atoms with van der Waals surface area (Å²) in [5.41, 5.74) is 1.53. The van der Waals surface area contributed by atoms with Gasteiger partial charge in [0.1, 0.15) is 12.4 Å². The summed E-state index contributed by atoms with van der Waals surface area (Å²) < 4.78 is 52.5. The zero-order chi connectivity index (χ0) is 13.6. The zero-order valence-electron chi connectivity index (χ0n) is 9.98. The number of hydrogen-bond donors (Lipinski definition) is 1. The van der Waals surface area contributed by atoms with E-state index in [0.717, 1.165) is 11.3 Å². The second kappa shape index (κ2) is 6.58. The number of benzene rings is 1. The summed E-state index contributed by atoms with van der Waals surface area (Å²) in [6.07, 6.45) is -3.83. The maximum absolute atomic E-state index is 12.8. The lowest BCUT2D eigenvalue weighted by molar-refractivity contribution is -0.173. The van der Waals surface area contributed by atoms with Crippen LogP contribution in [0.4, 0.5) is 23.2 Å². The van der Waals surface area contributed by atoms with Gasteiger partial charge in [-0.15, -0.1) is 0 Å². The SMILES string of the molecule is Cc1cc(F)ccc1NCCCOCC(F)(F)F. The van der Waals surface area contributed by atoms with Gasteiger partial charge >= 0.3 is 6.18 Å². The Hall–Kier alpha value is -1.30. The molecule has 1 N–H and O–H groups in total. The highest BCUT2D eigenvalue weighted by Crippen LogP contribution is 2.16. The van der Waals surface area contributed by atoms with Crippen LogP contribution in [-0.2, 0) is 4.74 Å². The quantitative estimate of drug-likeness (QED) is 0.627. The Bertz CT molecular complexity index is 379. The van der Waals surface area contributed by atoms with E-state index in [0.29, 0.717) is 13.0 Å². The van der Waals surface area contributed by atoms with E-state index in [1.54, 1.807) is 13.0 Å². The first-order valence-electron chi connectivity index (χ1n) is 5.53. The van der Waals surface area contributed by atoms with Crippen LogP contribution >= 0.6 is 0 Å². The van der Waals surface area contributed by atoms with Gasteiger partial charge in [-0.1, -0.05) is 0 Å². The number of aryl methyl sites for hydroxylation is 1. The summed E-state index contributed by atoms with van der Waals surface area (Å²) in [5.74, 6) is -0.313. The molecular formula is C12H15F4NO. The summed E-state index contributed by atoms with van der Waals surface area (Å²) in [6.45, 7) is 1.05. The van der Waals surface area contributed by atoms with Gasteiger partial charge in [-0.05, 0) is 37.1 Å². The summed E-state index contributed by atoms with van der Waals surface area (Å²) in [5, 5.41) is 3.01. The molecule has 2 nitrogen and oxygen atoms in total. The minimum atomic E-state index is -4.28. The maximum Gasteiger partial charge on any atom is 0.411 e. The Balaban J connectivity index is 2.18. The fraction of sp³-hybridized carbons (Fsp3) is 0.500. The average molecular weight is 265 g/mol. The standard InChI is InChI=1S/C12H15F4NO/c1-9-7-10(13)3-4-11(9)17-5-2-6-18-8-12(14,15)16/h3-4,7,17H,2,5-6,8H2,1H3. The molecule has 0 unspecified atom stereocenters. The molecule has 1 aromatic rings. The first kappa shape index (κ1) is 14.8. The van der Waals surface area contributed by atoms with E-state index in [9.17, 15) is 17.6 Å². The Morgan fingerprint density at radius 3 is 2.61 bits per heavy atom. The topological polar surface area (TPSA) is 21.3 Å². The number of anilines is 1. The van der Waals surface area contributed by atoms with Crippen molar-refractivity contribution in [2.24, 2.45) is 0 Å². The first-order chi connectivity index (χ1) is 8.38. The Kier molecular flexibility index (Phi) is 5.40. The van der Waals surface area contributed by atoms with Crippen molar-refractivity contribution >= 4 is 5.69 Å². The van der Waals surface area contributed by atoms with Crippen molar-refractivity contribution in [2.45, 2.75) is 19.5 Å². The molecule has 0 saturated carbocycles. The van der Waals surface area contributed by atoms with Crippen molar-refractivity contribution in [3.8, 4) is 0 Å². The van der Waals surface area contributed by atoms with E-state index in [1.165, 1.54) is 12.1 Å². The molecule has 0 radical (unpaired) electrons. The van der Waals surface area contributed by atoms with Gasteiger partial charge in [0.15, 0.2) is 0 Å². The second-order valence-electron chi connectivity index (χ2n) is 3.91. The smallest absolute Gasteiger partial charge is 0.385 e. The van der Waals surface area contributed by atoms with Crippen molar-refractivity contribution in [1.82, 2.24) is 0 Å². The predicted molar refractivity (Wildman–Crippen MR) is 61.1 cm³/mol. The van der Waals surface area contributed by atoms with Crippen LogP contribution in [-0.4, -0.2) is 25.9 Å². The normalized spacial score (nSPS) is 11.6. The summed E-state index contributed by atoms with van der Waals surface area (Å²) in [6, 6.07) is 4.32.